The van der Waals surface area contributed by atoms with Crippen molar-refractivity contribution in [3.8, 4) is 0 Å². The van der Waals surface area contributed by atoms with Gasteiger partial charge in [0.1, 0.15) is 0 Å². The number of methoxy groups -OCH3 is 1. The smallest absolute Gasteiger partial charge is 0.416 e. The molecule has 0 unspecified atom stereocenters. The lowest BCUT2D eigenvalue weighted by Gasteiger charge is -2.14. The number of carbonyl (C=O) groups is 1. The van der Waals surface area contributed by atoms with Crippen molar-refractivity contribution < 1.29 is 22.7 Å². The van der Waals surface area contributed by atoms with E-state index < -0.39 is 23.8 Å². The maximum absolute atomic E-state index is 12.5. The van der Waals surface area contributed by atoms with E-state index in [2.05, 4.69) is 4.74 Å². The quantitative estimate of drug-likeness (QED) is 0.867. The summed E-state index contributed by atoms with van der Waals surface area (Å²) in [5, 5.41) is -0.0832. The van der Waals surface area contributed by atoms with Crippen LogP contribution in [0.15, 0.2) is 18.2 Å². The molecule has 7 heteroatoms. The Balaban J connectivity index is 3.03. The molecule has 0 aliphatic carbocycles. The van der Waals surface area contributed by atoms with Gasteiger partial charge in [-0.2, -0.15) is 13.2 Å². The Morgan fingerprint density at radius 1 is 1.44 bits per heavy atom. The second-order valence-electron chi connectivity index (χ2n) is 3.66. The number of ether oxygens (including phenoxy) is 1. The Bertz CT molecular complexity index is 448. The standard InChI is InChI=1S/C11H11ClF3NO2/c1-18-10(17)5-9(16)6-2-7(11(13,14)15)4-8(12)3-6/h2-4,9H,5,16H2,1H3/t9-/m0/s1. The van der Waals surface area contributed by atoms with Crippen LogP contribution in [0.4, 0.5) is 13.2 Å². The highest BCUT2D eigenvalue weighted by molar-refractivity contribution is 6.30. The molecule has 0 aliphatic heterocycles. The van der Waals surface area contributed by atoms with E-state index in [1.54, 1.807) is 0 Å². The van der Waals surface area contributed by atoms with Gasteiger partial charge < -0.3 is 10.5 Å². The van der Waals surface area contributed by atoms with E-state index in [4.69, 9.17) is 17.3 Å². The molecule has 1 aromatic rings. The van der Waals surface area contributed by atoms with Gasteiger partial charge in [0, 0.05) is 11.1 Å². The van der Waals surface area contributed by atoms with Gasteiger partial charge in [0.15, 0.2) is 0 Å². The predicted octanol–water partition coefficient (Wildman–Crippen LogP) is 2.92. The third kappa shape index (κ3) is 3.89. The first kappa shape index (κ1) is 14.8. The average Bonchev–Trinajstić information content (AvgIpc) is 2.26. The van der Waals surface area contributed by atoms with Crippen LogP contribution in [-0.4, -0.2) is 13.1 Å². The van der Waals surface area contributed by atoms with Crippen LogP contribution in [0.5, 0.6) is 0 Å². The van der Waals surface area contributed by atoms with Gasteiger partial charge in [0.05, 0.1) is 19.1 Å². The molecule has 1 atom stereocenters. The highest BCUT2D eigenvalue weighted by Crippen LogP contribution is 2.33. The van der Waals surface area contributed by atoms with Crippen LogP contribution in [0.1, 0.15) is 23.6 Å². The van der Waals surface area contributed by atoms with Crippen LogP contribution in [0.25, 0.3) is 0 Å². The van der Waals surface area contributed by atoms with Crippen molar-refractivity contribution in [3.05, 3.63) is 34.3 Å². The SMILES string of the molecule is COC(=O)C[C@H](N)c1cc(Cl)cc(C(F)(F)F)c1. The van der Waals surface area contributed by atoms with Crippen molar-refractivity contribution in [2.45, 2.75) is 18.6 Å². The topological polar surface area (TPSA) is 52.3 Å². The minimum absolute atomic E-state index is 0.0832. The fourth-order valence-corrected chi connectivity index (χ4v) is 1.61. The third-order valence-corrected chi connectivity index (χ3v) is 2.51. The second-order valence-corrected chi connectivity index (χ2v) is 4.09. The summed E-state index contributed by atoms with van der Waals surface area (Å²) in [4.78, 5) is 11.0. The van der Waals surface area contributed by atoms with Crippen molar-refractivity contribution in [3.63, 3.8) is 0 Å². The fourth-order valence-electron chi connectivity index (χ4n) is 1.37. The Morgan fingerprint density at radius 2 is 2.06 bits per heavy atom. The van der Waals surface area contributed by atoms with Gasteiger partial charge in [0.2, 0.25) is 0 Å². The summed E-state index contributed by atoms with van der Waals surface area (Å²) in [5.41, 5.74) is 4.87. The minimum atomic E-state index is -4.51. The van der Waals surface area contributed by atoms with Crippen molar-refractivity contribution in [2.24, 2.45) is 5.73 Å². The molecule has 2 N–H and O–H groups in total. The number of benzene rings is 1. The van der Waals surface area contributed by atoms with Crippen molar-refractivity contribution in [1.29, 1.82) is 0 Å². The van der Waals surface area contributed by atoms with Crippen LogP contribution in [0.3, 0.4) is 0 Å². The lowest BCUT2D eigenvalue weighted by atomic mass is 10.0. The van der Waals surface area contributed by atoms with Crippen molar-refractivity contribution in [2.75, 3.05) is 7.11 Å². The fraction of sp³-hybridized carbons (Fsp3) is 0.364. The summed E-state index contributed by atoms with van der Waals surface area (Å²) in [6, 6.07) is 2.08. The van der Waals surface area contributed by atoms with Gasteiger partial charge in [-0.25, -0.2) is 0 Å². The number of alkyl halides is 3. The molecule has 0 saturated heterocycles. The van der Waals surface area contributed by atoms with Gasteiger partial charge >= 0.3 is 12.1 Å². The summed E-state index contributed by atoms with van der Waals surface area (Å²) in [5.74, 6) is -0.601. The molecule has 0 saturated carbocycles. The van der Waals surface area contributed by atoms with Gasteiger partial charge in [-0.15, -0.1) is 0 Å². The Morgan fingerprint density at radius 3 is 2.56 bits per heavy atom. The molecule has 1 rings (SSSR count). The van der Waals surface area contributed by atoms with E-state index in [9.17, 15) is 18.0 Å². The van der Waals surface area contributed by atoms with E-state index >= 15 is 0 Å². The monoisotopic (exact) mass is 281 g/mol. The van der Waals surface area contributed by atoms with Crippen molar-refractivity contribution in [1.82, 2.24) is 0 Å². The molecule has 0 heterocycles. The molecule has 0 bridgehead atoms. The van der Waals surface area contributed by atoms with E-state index in [1.165, 1.54) is 13.2 Å². The minimum Gasteiger partial charge on any atom is -0.469 e. The molecule has 0 fully saturated rings. The summed E-state index contributed by atoms with van der Waals surface area (Å²) in [6.45, 7) is 0. The van der Waals surface area contributed by atoms with Crippen LogP contribution < -0.4 is 5.73 Å². The van der Waals surface area contributed by atoms with Gasteiger partial charge in [-0.05, 0) is 23.8 Å². The molecule has 0 aromatic heterocycles. The number of hydrogen-bond donors (Lipinski definition) is 1. The second kappa shape index (κ2) is 5.58. The van der Waals surface area contributed by atoms with Gasteiger partial charge in [-0.3, -0.25) is 4.79 Å². The molecule has 3 nitrogen and oxygen atoms in total. The molecular formula is C11H11ClF3NO2. The first-order chi connectivity index (χ1) is 8.24. The van der Waals surface area contributed by atoms with Crippen molar-refractivity contribution >= 4 is 17.6 Å². The third-order valence-electron chi connectivity index (χ3n) is 2.29. The Hall–Kier alpha value is -1.27. The summed E-state index contributed by atoms with van der Waals surface area (Å²) in [7, 11) is 1.17. The highest BCUT2D eigenvalue weighted by atomic mass is 35.5. The van der Waals surface area contributed by atoms with E-state index in [0.29, 0.717) is 0 Å². The van der Waals surface area contributed by atoms with E-state index in [1.807, 2.05) is 0 Å². The summed E-state index contributed by atoms with van der Waals surface area (Å²) in [6.07, 6.45) is -4.72. The molecular weight excluding hydrogens is 271 g/mol. The molecule has 18 heavy (non-hydrogen) atoms. The lowest BCUT2D eigenvalue weighted by molar-refractivity contribution is -0.141. The number of hydrogen-bond acceptors (Lipinski definition) is 3. The van der Waals surface area contributed by atoms with Gasteiger partial charge in [0.25, 0.3) is 0 Å². The molecule has 100 valence electrons. The van der Waals surface area contributed by atoms with Gasteiger partial charge in [-0.1, -0.05) is 11.6 Å². The normalized spacial score (nSPS) is 13.2. The average molecular weight is 282 g/mol. The lowest BCUT2D eigenvalue weighted by Crippen LogP contribution is -2.17. The number of nitrogens with two attached hydrogens (primary N) is 1. The number of carbonyl (C=O) groups excluding carboxylic acids is 1. The maximum Gasteiger partial charge on any atom is 0.416 e. The molecule has 0 aliphatic rings. The largest absolute Gasteiger partial charge is 0.469 e. The molecule has 0 radical (unpaired) electrons. The number of rotatable bonds is 3. The van der Waals surface area contributed by atoms with Crippen LogP contribution in [0.2, 0.25) is 5.02 Å². The maximum atomic E-state index is 12.5. The first-order valence-electron chi connectivity index (χ1n) is 4.94. The summed E-state index contributed by atoms with van der Waals surface area (Å²) >= 11 is 5.60. The zero-order valence-corrected chi connectivity index (χ0v) is 10.2. The van der Waals surface area contributed by atoms with Crippen LogP contribution in [0, 0.1) is 0 Å². The first-order valence-corrected chi connectivity index (χ1v) is 5.32. The molecule has 0 amide bonds. The Labute approximate surface area is 107 Å². The predicted molar refractivity (Wildman–Crippen MR) is 60.0 cm³/mol. The van der Waals surface area contributed by atoms with E-state index in [0.717, 1.165) is 12.1 Å². The number of esters is 1. The zero-order chi connectivity index (χ0) is 13.9. The zero-order valence-electron chi connectivity index (χ0n) is 9.42. The van der Waals surface area contributed by atoms with Crippen LogP contribution in [-0.2, 0) is 15.7 Å². The highest BCUT2D eigenvalue weighted by Gasteiger charge is 2.31. The number of halogens is 4. The summed E-state index contributed by atoms with van der Waals surface area (Å²) < 4.78 is 42.0. The molecule has 0 spiro atoms. The Kier molecular flexibility index (Phi) is 4.59. The molecule has 1 aromatic carbocycles. The van der Waals surface area contributed by atoms with Crippen LogP contribution >= 0.6 is 11.6 Å². The van der Waals surface area contributed by atoms with E-state index in [-0.39, 0.29) is 17.0 Å².